The highest BCUT2D eigenvalue weighted by atomic mass is 32.2. The van der Waals surface area contributed by atoms with Crippen molar-refractivity contribution in [3.05, 3.63) is 29.8 Å². The van der Waals surface area contributed by atoms with E-state index in [-0.39, 0.29) is 11.9 Å². The SMILES string of the molecule is O=S(=O)(Nc1ccc(CO)cc1)C1CCNC1. The zero-order valence-electron chi connectivity index (χ0n) is 9.39. The molecule has 1 aromatic carbocycles. The van der Waals surface area contributed by atoms with Crippen LogP contribution in [0, 0.1) is 0 Å². The summed E-state index contributed by atoms with van der Waals surface area (Å²) in [6.45, 7) is 1.21. The van der Waals surface area contributed by atoms with Crippen molar-refractivity contribution in [2.45, 2.75) is 18.3 Å². The van der Waals surface area contributed by atoms with E-state index in [0.29, 0.717) is 18.7 Å². The summed E-state index contributed by atoms with van der Waals surface area (Å²) in [4.78, 5) is 0. The average molecular weight is 256 g/mol. The molecule has 1 aliphatic heterocycles. The third-order valence-corrected chi connectivity index (χ3v) is 4.65. The lowest BCUT2D eigenvalue weighted by Crippen LogP contribution is -2.29. The average Bonchev–Trinajstić information content (AvgIpc) is 2.84. The monoisotopic (exact) mass is 256 g/mol. The van der Waals surface area contributed by atoms with Gasteiger partial charge in [-0.1, -0.05) is 12.1 Å². The van der Waals surface area contributed by atoms with Crippen LogP contribution >= 0.6 is 0 Å². The van der Waals surface area contributed by atoms with Crippen LogP contribution in [0.5, 0.6) is 0 Å². The largest absolute Gasteiger partial charge is 0.392 e. The third-order valence-electron chi connectivity index (χ3n) is 2.85. The third kappa shape index (κ3) is 2.96. The molecule has 1 heterocycles. The Morgan fingerprint density at radius 1 is 1.35 bits per heavy atom. The van der Waals surface area contributed by atoms with Gasteiger partial charge >= 0.3 is 0 Å². The first-order valence-electron chi connectivity index (χ1n) is 5.54. The fourth-order valence-electron chi connectivity index (χ4n) is 1.82. The van der Waals surface area contributed by atoms with E-state index in [2.05, 4.69) is 10.0 Å². The molecule has 1 atom stereocenters. The summed E-state index contributed by atoms with van der Waals surface area (Å²) in [5.74, 6) is 0. The highest BCUT2D eigenvalue weighted by Crippen LogP contribution is 2.16. The molecule has 1 aliphatic rings. The number of sulfonamides is 1. The van der Waals surface area contributed by atoms with Crippen molar-refractivity contribution >= 4 is 15.7 Å². The summed E-state index contributed by atoms with van der Waals surface area (Å²) in [7, 11) is -3.31. The zero-order chi connectivity index (χ0) is 12.3. The minimum Gasteiger partial charge on any atom is -0.392 e. The molecule has 0 bridgehead atoms. The Hall–Kier alpha value is -1.11. The second kappa shape index (κ2) is 5.03. The molecular weight excluding hydrogens is 240 g/mol. The van der Waals surface area contributed by atoms with Crippen LogP contribution in [0.2, 0.25) is 0 Å². The standard InChI is InChI=1S/C11H16N2O3S/c14-8-9-1-3-10(4-2-9)13-17(15,16)11-5-6-12-7-11/h1-4,11-14H,5-8H2. The number of hydrogen-bond acceptors (Lipinski definition) is 4. The Morgan fingerprint density at radius 3 is 2.59 bits per heavy atom. The molecule has 2 rings (SSSR count). The van der Waals surface area contributed by atoms with E-state index in [0.717, 1.165) is 12.1 Å². The Morgan fingerprint density at radius 2 is 2.06 bits per heavy atom. The topological polar surface area (TPSA) is 78.4 Å². The molecule has 5 nitrogen and oxygen atoms in total. The Kier molecular flexibility index (Phi) is 3.66. The number of aliphatic hydroxyl groups is 1. The maximum Gasteiger partial charge on any atom is 0.236 e. The Bertz CT molecular complexity index is 464. The van der Waals surface area contributed by atoms with Gasteiger partial charge in [0.25, 0.3) is 0 Å². The van der Waals surface area contributed by atoms with Gasteiger partial charge < -0.3 is 10.4 Å². The number of aliphatic hydroxyl groups excluding tert-OH is 1. The molecular formula is C11H16N2O3S. The number of nitrogens with one attached hydrogen (secondary N) is 2. The van der Waals surface area contributed by atoms with Crippen LogP contribution in [-0.2, 0) is 16.6 Å². The van der Waals surface area contributed by atoms with E-state index in [1.54, 1.807) is 24.3 Å². The first-order chi connectivity index (χ1) is 8.12. The second-order valence-electron chi connectivity index (χ2n) is 4.12. The lowest BCUT2D eigenvalue weighted by Gasteiger charge is -2.13. The molecule has 1 saturated heterocycles. The van der Waals surface area contributed by atoms with Crippen LogP contribution in [0.3, 0.4) is 0 Å². The van der Waals surface area contributed by atoms with Crippen molar-refractivity contribution in [1.82, 2.24) is 5.32 Å². The van der Waals surface area contributed by atoms with Crippen LogP contribution in [0.4, 0.5) is 5.69 Å². The molecule has 1 unspecified atom stereocenters. The van der Waals surface area contributed by atoms with E-state index in [9.17, 15) is 8.42 Å². The van der Waals surface area contributed by atoms with E-state index < -0.39 is 10.0 Å². The minimum absolute atomic E-state index is 0.0421. The van der Waals surface area contributed by atoms with Gasteiger partial charge in [-0.2, -0.15) is 0 Å². The van der Waals surface area contributed by atoms with Gasteiger partial charge in [0.15, 0.2) is 0 Å². The molecule has 0 aromatic heterocycles. The molecule has 0 saturated carbocycles. The van der Waals surface area contributed by atoms with Gasteiger partial charge in [0, 0.05) is 12.2 Å². The highest BCUT2D eigenvalue weighted by Gasteiger charge is 2.28. The van der Waals surface area contributed by atoms with E-state index >= 15 is 0 Å². The van der Waals surface area contributed by atoms with Gasteiger partial charge in [0.1, 0.15) is 0 Å². The van der Waals surface area contributed by atoms with Crippen molar-refractivity contribution in [2.75, 3.05) is 17.8 Å². The summed E-state index contributed by atoms with van der Waals surface area (Å²) >= 11 is 0. The predicted molar refractivity (Wildman–Crippen MR) is 66.2 cm³/mol. The highest BCUT2D eigenvalue weighted by molar-refractivity contribution is 7.93. The first-order valence-corrected chi connectivity index (χ1v) is 7.08. The van der Waals surface area contributed by atoms with Crippen molar-refractivity contribution in [3.63, 3.8) is 0 Å². The van der Waals surface area contributed by atoms with Crippen LogP contribution < -0.4 is 10.0 Å². The fourth-order valence-corrected chi connectivity index (χ4v) is 3.22. The smallest absolute Gasteiger partial charge is 0.236 e. The van der Waals surface area contributed by atoms with Crippen LogP contribution in [0.1, 0.15) is 12.0 Å². The van der Waals surface area contributed by atoms with Gasteiger partial charge in [0.05, 0.1) is 11.9 Å². The first kappa shape index (κ1) is 12.3. The maximum absolute atomic E-state index is 12.0. The molecule has 17 heavy (non-hydrogen) atoms. The Balaban J connectivity index is 2.08. The normalized spacial score (nSPS) is 20.4. The quantitative estimate of drug-likeness (QED) is 0.723. The summed E-state index contributed by atoms with van der Waals surface area (Å²) in [5, 5.41) is 11.6. The summed E-state index contributed by atoms with van der Waals surface area (Å²) in [5.41, 5.74) is 1.30. The molecule has 0 radical (unpaired) electrons. The molecule has 94 valence electrons. The number of rotatable bonds is 4. The van der Waals surface area contributed by atoms with E-state index in [1.165, 1.54) is 0 Å². The van der Waals surface area contributed by atoms with Crippen molar-refractivity contribution in [1.29, 1.82) is 0 Å². The molecule has 1 aromatic rings. The number of benzene rings is 1. The zero-order valence-corrected chi connectivity index (χ0v) is 10.2. The molecule has 0 aliphatic carbocycles. The fraction of sp³-hybridized carbons (Fsp3) is 0.455. The number of hydrogen-bond donors (Lipinski definition) is 3. The van der Waals surface area contributed by atoms with Crippen molar-refractivity contribution in [3.8, 4) is 0 Å². The van der Waals surface area contributed by atoms with Gasteiger partial charge in [-0.25, -0.2) is 8.42 Å². The van der Waals surface area contributed by atoms with Gasteiger partial charge in [-0.05, 0) is 30.7 Å². The van der Waals surface area contributed by atoms with Crippen molar-refractivity contribution < 1.29 is 13.5 Å². The second-order valence-corrected chi connectivity index (χ2v) is 6.08. The van der Waals surface area contributed by atoms with Crippen LogP contribution in [0.15, 0.2) is 24.3 Å². The van der Waals surface area contributed by atoms with Gasteiger partial charge in [-0.3, -0.25) is 4.72 Å². The number of anilines is 1. The lowest BCUT2D eigenvalue weighted by molar-refractivity contribution is 0.282. The molecule has 3 N–H and O–H groups in total. The summed E-state index contributed by atoms with van der Waals surface area (Å²) in [6, 6.07) is 6.71. The van der Waals surface area contributed by atoms with E-state index in [4.69, 9.17) is 5.11 Å². The molecule has 0 spiro atoms. The summed E-state index contributed by atoms with van der Waals surface area (Å²) in [6.07, 6.45) is 0.643. The predicted octanol–water partition coefficient (Wildman–Crippen LogP) is 0.283. The van der Waals surface area contributed by atoms with Crippen LogP contribution in [-0.4, -0.2) is 31.9 Å². The Labute approximate surface area is 101 Å². The summed E-state index contributed by atoms with van der Waals surface area (Å²) < 4.78 is 26.5. The minimum atomic E-state index is -3.31. The molecule has 6 heteroatoms. The van der Waals surface area contributed by atoms with Crippen molar-refractivity contribution in [2.24, 2.45) is 0 Å². The van der Waals surface area contributed by atoms with Gasteiger partial charge in [-0.15, -0.1) is 0 Å². The molecule has 1 fully saturated rings. The van der Waals surface area contributed by atoms with Gasteiger partial charge in [0.2, 0.25) is 10.0 Å². The maximum atomic E-state index is 12.0. The van der Waals surface area contributed by atoms with Crippen LogP contribution in [0.25, 0.3) is 0 Å². The van der Waals surface area contributed by atoms with E-state index in [1.807, 2.05) is 0 Å². The lowest BCUT2D eigenvalue weighted by atomic mass is 10.2. The molecule has 0 amide bonds.